The van der Waals surface area contributed by atoms with E-state index in [-0.39, 0.29) is 5.57 Å². The molecule has 0 spiro atoms. The van der Waals surface area contributed by atoms with Crippen molar-refractivity contribution < 1.29 is 24.1 Å². The van der Waals surface area contributed by atoms with Gasteiger partial charge >= 0.3 is 5.97 Å². The van der Waals surface area contributed by atoms with E-state index in [2.05, 4.69) is 6.58 Å². The third kappa shape index (κ3) is 4.74. The Morgan fingerprint density at radius 1 is 1.19 bits per heavy atom. The number of carboxylic acid groups (broad SMARTS) is 1. The Morgan fingerprint density at radius 2 is 1.69 bits per heavy atom. The lowest BCUT2D eigenvalue weighted by Crippen LogP contribution is -2.35. The highest BCUT2D eigenvalue weighted by atomic mass is 16.9. The van der Waals surface area contributed by atoms with Crippen molar-refractivity contribution in [3.8, 4) is 0 Å². The van der Waals surface area contributed by atoms with Crippen molar-refractivity contribution in [2.75, 3.05) is 21.3 Å². The van der Waals surface area contributed by atoms with E-state index in [0.717, 1.165) is 6.42 Å². The average Bonchev–Trinajstić information content (AvgIpc) is 2.30. The third-order valence-corrected chi connectivity index (χ3v) is 2.45. The number of methoxy groups -OCH3 is 3. The highest BCUT2D eigenvalue weighted by Crippen LogP contribution is 2.21. The molecule has 0 aliphatic rings. The molecule has 0 aliphatic heterocycles. The van der Waals surface area contributed by atoms with Crippen LogP contribution in [0.3, 0.4) is 0 Å². The zero-order chi connectivity index (χ0) is 12.6. The number of hydrogen-bond donors (Lipinski definition) is 1. The molecule has 0 rings (SSSR count). The lowest BCUT2D eigenvalue weighted by Gasteiger charge is -2.28. The van der Waals surface area contributed by atoms with Crippen molar-refractivity contribution in [2.24, 2.45) is 0 Å². The minimum atomic E-state index is -1.02. The summed E-state index contributed by atoms with van der Waals surface area (Å²) >= 11 is 0. The van der Waals surface area contributed by atoms with Crippen molar-refractivity contribution in [2.45, 2.75) is 31.7 Å². The number of carboxylic acids is 1. The molecule has 5 heteroatoms. The van der Waals surface area contributed by atoms with E-state index in [1.807, 2.05) is 0 Å². The molecule has 0 atom stereocenters. The number of aliphatic carboxylic acids is 1. The summed E-state index contributed by atoms with van der Waals surface area (Å²) in [6, 6.07) is 0. The fraction of sp³-hybridized carbons (Fsp3) is 0.727. The van der Waals surface area contributed by atoms with Crippen molar-refractivity contribution in [1.29, 1.82) is 0 Å². The number of carbonyl (C=O) groups is 1. The van der Waals surface area contributed by atoms with Crippen molar-refractivity contribution in [3.05, 3.63) is 12.2 Å². The monoisotopic (exact) mass is 232 g/mol. The second-order valence-electron chi connectivity index (χ2n) is 3.41. The van der Waals surface area contributed by atoms with Gasteiger partial charge in [0.15, 0.2) is 0 Å². The van der Waals surface area contributed by atoms with Gasteiger partial charge in [-0.1, -0.05) is 6.58 Å². The van der Waals surface area contributed by atoms with Crippen LogP contribution in [0, 0.1) is 0 Å². The van der Waals surface area contributed by atoms with Crippen LogP contribution in [-0.4, -0.2) is 38.4 Å². The molecule has 0 saturated heterocycles. The van der Waals surface area contributed by atoms with Gasteiger partial charge in [0.2, 0.25) is 0 Å². The predicted octanol–water partition coefficient (Wildman–Crippen LogP) is 1.78. The Morgan fingerprint density at radius 3 is 2.06 bits per heavy atom. The maximum Gasteiger partial charge on any atom is 0.330 e. The first-order valence-corrected chi connectivity index (χ1v) is 5.08. The molecule has 1 N–H and O–H groups in total. The zero-order valence-corrected chi connectivity index (χ0v) is 10.1. The summed E-state index contributed by atoms with van der Waals surface area (Å²) in [4.78, 5) is 10.5. The largest absolute Gasteiger partial charge is 0.478 e. The van der Waals surface area contributed by atoms with Gasteiger partial charge in [0.1, 0.15) is 0 Å². The molecule has 0 aromatic heterocycles. The molecule has 0 aromatic rings. The molecule has 0 aromatic carbocycles. The van der Waals surface area contributed by atoms with Crippen LogP contribution in [0.2, 0.25) is 0 Å². The Kier molecular flexibility index (Phi) is 6.96. The molecular formula is C11H20O5. The van der Waals surface area contributed by atoms with Crippen LogP contribution in [0.5, 0.6) is 0 Å². The lowest BCUT2D eigenvalue weighted by molar-refractivity contribution is -0.355. The van der Waals surface area contributed by atoms with Gasteiger partial charge < -0.3 is 19.3 Å². The summed E-state index contributed by atoms with van der Waals surface area (Å²) in [6.45, 7) is 3.46. The SMILES string of the molecule is C=C(CCCCC(OC)(OC)OC)C(=O)O. The number of ether oxygens (including phenoxy) is 3. The van der Waals surface area contributed by atoms with Gasteiger partial charge in [0.25, 0.3) is 5.97 Å². The predicted molar refractivity (Wildman–Crippen MR) is 59.0 cm³/mol. The van der Waals surface area contributed by atoms with Crippen LogP contribution in [-0.2, 0) is 19.0 Å². The molecule has 16 heavy (non-hydrogen) atoms. The number of rotatable bonds is 9. The second kappa shape index (κ2) is 7.38. The molecule has 0 radical (unpaired) electrons. The molecular weight excluding hydrogens is 212 g/mol. The molecule has 0 heterocycles. The first kappa shape index (κ1) is 15.1. The maximum absolute atomic E-state index is 10.5. The topological polar surface area (TPSA) is 65.0 Å². The van der Waals surface area contributed by atoms with Crippen LogP contribution in [0.25, 0.3) is 0 Å². The van der Waals surface area contributed by atoms with E-state index in [9.17, 15) is 4.79 Å². The van der Waals surface area contributed by atoms with E-state index in [4.69, 9.17) is 19.3 Å². The zero-order valence-electron chi connectivity index (χ0n) is 10.1. The van der Waals surface area contributed by atoms with Gasteiger partial charge in [0, 0.05) is 33.3 Å². The van der Waals surface area contributed by atoms with Crippen LogP contribution < -0.4 is 0 Å². The standard InChI is InChI=1S/C11H20O5/c1-9(10(12)13)7-5-6-8-11(14-2,15-3)16-4/h1,5-8H2,2-4H3,(H,12,13). The minimum absolute atomic E-state index is 0.220. The Hall–Kier alpha value is -0.910. The quantitative estimate of drug-likeness (QED) is 0.373. The first-order valence-electron chi connectivity index (χ1n) is 5.08. The number of hydrogen-bond acceptors (Lipinski definition) is 4. The van der Waals surface area contributed by atoms with Crippen LogP contribution >= 0.6 is 0 Å². The molecule has 0 amide bonds. The molecule has 5 nitrogen and oxygen atoms in total. The Balaban J connectivity index is 3.88. The van der Waals surface area contributed by atoms with Gasteiger partial charge in [0.05, 0.1) is 0 Å². The van der Waals surface area contributed by atoms with Gasteiger partial charge in [-0.15, -0.1) is 0 Å². The fourth-order valence-electron chi connectivity index (χ4n) is 1.34. The summed E-state index contributed by atoms with van der Waals surface area (Å²) in [5.41, 5.74) is 0.220. The molecule has 0 aliphatic carbocycles. The summed E-state index contributed by atoms with van der Waals surface area (Å²) in [5.74, 6) is -1.97. The smallest absolute Gasteiger partial charge is 0.330 e. The summed E-state index contributed by atoms with van der Waals surface area (Å²) in [7, 11) is 4.51. The van der Waals surface area contributed by atoms with E-state index < -0.39 is 11.9 Å². The Labute approximate surface area is 96.0 Å². The average molecular weight is 232 g/mol. The number of unbranched alkanes of at least 4 members (excludes halogenated alkanes) is 1. The van der Waals surface area contributed by atoms with Gasteiger partial charge in [-0.3, -0.25) is 0 Å². The molecule has 0 saturated carbocycles. The third-order valence-electron chi connectivity index (χ3n) is 2.45. The first-order chi connectivity index (χ1) is 7.51. The van der Waals surface area contributed by atoms with Crippen LogP contribution in [0.1, 0.15) is 25.7 Å². The summed E-state index contributed by atoms with van der Waals surface area (Å²) < 4.78 is 15.3. The highest BCUT2D eigenvalue weighted by molar-refractivity contribution is 5.85. The highest BCUT2D eigenvalue weighted by Gasteiger charge is 2.28. The van der Waals surface area contributed by atoms with Crippen molar-refractivity contribution >= 4 is 5.97 Å². The molecule has 0 fully saturated rings. The second-order valence-corrected chi connectivity index (χ2v) is 3.41. The van der Waals surface area contributed by atoms with E-state index in [1.165, 1.54) is 21.3 Å². The van der Waals surface area contributed by atoms with Crippen LogP contribution in [0.15, 0.2) is 12.2 Å². The van der Waals surface area contributed by atoms with E-state index in [0.29, 0.717) is 19.3 Å². The lowest BCUT2D eigenvalue weighted by atomic mass is 10.1. The van der Waals surface area contributed by atoms with E-state index >= 15 is 0 Å². The molecule has 0 unspecified atom stereocenters. The van der Waals surface area contributed by atoms with Crippen molar-refractivity contribution in [1.82, 2.24) is 0 Å². The molecule has 0 bridgehead atoms. The normalized spacial score (nSPS) is 11.4. The van der Waals surface area contributed by atoms with Gasteiger partial charge in [-0.05, 0) is 19.3 Å². The summed E-state index contributed by atoms with van der Waals surface area (Å²) in [5, 5.41) is 8.61. The minimum Gasteiger partial charge on any atom is -0.478 e. The van der Waals surface area contributed by atoms with Gasteiger partial charge in [-0.25, -0.2) is 4.79 Å². The maximum atomic E-state index is 10.5. The Bertz CT molecular complexity index is 224. The molecule has 94 valence electrons. The van der Waals surface area contributed by atoms with Crippen LogP contribution in [0.4, 0.5) is 0 Å². The van der Waals surface area contributed by atoms with Gasteiger partial charge in [-0.2, -0.15) is 0 Å². The summed E-state index contributed by atoms with van der Waals surface area (Å²) in [6.07, 6.45) is 2.46. The van der Waals surface area contributed by atoms with Crippen molar-refractivity contribution in [3.63, 3.8) is 0 Å². The van der Waals surface area contributed by atoms with E-state index in [1.54, 1.807) is 0 Å². The fourth-order valence-corrected chi connectivity index (χ4v) is 1.34.